The Labute approximate surface area is 124 Å². The summed E-state index contributed by atoms with van der Waals surface area (Å²) in [6.45, 7) is 0.262. The minimum atomic E-state index is -2.56. The minimum absolute atomic E-state index is 0.352. The van der Waals surface area contributed by atoms with Gasteiger partial charge in [-0.2, -0.15) is 8.78 Å². The number of hydrogen-bond acceptors (Lipinski definition) is 3. The number of fused-ring (bicyclic) bond motifs is 1. The predicted molar refractivity (Wildman–Crippen MR) is 78.4 cm³/mol. The lowest BCUT2D eigenvalue weighted by atomic mass is 10.3. The van der Waals surface area contributed by atoms with Crippen molar-refractivity contribution in [1.29, 1.82) is 0 Å². The van der Waals surface area contributed by atoms with Crippen molar-refractivity contribution >= 4 is 22.8 Å². The molecule has 0 aliphatic carbocycles. The molecule has 2 heterocycles. The lowest BCUT2D eigenvalue weighted by Gasteiger charge is -2.07. The summed E-state index contributed by atoms with van der Waals surface area (Å²) in [5.41, 5.74) is 1.97. The number of imidazole rings is 2. The first kappa shape index (κ1) is 14.1. The van der Waals surface area contributed by atoms with Gasteiger partial charge < -0.3 is 4.57 Å². The molecule has 21 heavy (non-hydrogen) atoms. The van der Waals surface area contributed by atoms with E-state index in [0.29, 0.717) is 11.6 Å². The molecule has 0 saturated heterocycles. The largest absolute Gasteiger partial charge is 0.319 e. The van der Waals surface area contributed by atoms with Gasteiger partial charge in [-0.1, -0.05) is 23.9 Å². The van der Waals surface area contributed by atoms with Gasteiger partial charge in [0.05, 0.1) is 16.8 Å². The van der Waals surface area contributed by atoms with Gasteiger partial charge in [-0.05, 0) is 19.1 Å². The molecule has 0 spiro atoms. The Morgan fingerprint density at radius 2 is 2.10 bits per heavy atom. The van der Waals surface area contributed by atoms with E-state index >= 15 is 0 Å². The Morgan fingerprint density at radius 1 is 1.29 bits per heavy atom. The maximum Gasteiger partial charge on any atom is 0.319 e. The highest BCUT2D eigenvalue weighted by molar-refractivity contribution is 7.98. The van der Waals surface area contributed by atoms with Crippen molar-refractivity contribution in [2.24, 2.45) is 0 Å². The zero-order chi connectivity index (χ0) is 14.8. The summed E-state index contributed by atoms with van der Waals surface area (Å²) in [6.07, 6.45) is 2.69. The van der Waals surface area contributed by atoms with E-state index in [2.05, 4.69) is 14.5 Å². The molecule has 0 aliphatic rings. The average Bonchev–Trinajstić information content (AvgIpc) is 3.08. The van der Waals surface area contributed by atoms with Gasteiger partial charge in [-0.25, -0.2) is 9.97 Å². The van der Waals surface area contributed by atoms with Gasteiger partial charge in [-0.3, -0.25) is 4.57 Å². The minimum Gasteiger partial charge on any atom is -0.319 e. The highest BCUT2D eigenvalue weighted by Gasteiger charge is 2.14. The van der Waals surface area contributed by atoms with E-state index < -0.39 is 6.55 Å². The van der Waals surface area contributed by atoms with Crippen LogP contribution in [0.1, 0.15) is 19.3 Å². The maximum absolute atomic E-state index is 12.8. The van der Waals surface area contributed by atoms with Crippen LogP contribution in [-0.2, 0) is 12.3 Å². The fourth-order valence-electron chi connectivity index (χ4n) is 2.23. The van der Waals surface area contributed by atoms with Gasteiger partial charge in [-0.15, -0.1) is 0 Å². The number of nitrogens with zero attached hydrogens (tertiary/aromatic N) is 4. The number of halogens is 2. The van der Waals surface area contributed by atoms with Gasteiger partial charge in [0, 0.05) is 18.9 Å². The predicted octanol–water partition coefficient (Wildman–Crippen LogP) is 3.94. The molecular weight excluding hydrogens is 294 g/mol. The standard InChI is InChI=1S/C14H14F2N4S/c1-2-19-11-6-4-3-5-10(11)18-14(19)21-9-12-17-7-8-20(12)13(15)16/h3-8,13H,2,9H2,1H3. The lowest BCUT2D eigenvalue weighted by molar-refractivity contribution is 0.0678. The third-order valence-corrected chi connectivity index (χ3v) is 4.20. The number of thioether (sulfide) groups is 1. The van der Waals surface area contributed by atoms with Crippen LogP contribution < -0.4 is 0 Å². The summed E-state index contributed by atoms with van der Waals surface area (Å²) in [5.74, 6) is 0.713. The van der Waals surface area contributed by atoms with Crippen molar-refractivity contribution in [3.05, 3.63) is 42.5 Å². The molecule has 3 aromatic rings. The van der Waals surface area contributed by atoms with Gasteiger partial charge in [0.1, 0.15) is 5.82 Å². The van der Waals surface area contributed by atoms with Crippen LogP contribution in [0.3, 0.4) is 0 Å². The monoisotopic (exact) mass is 308 g/mol. The van der Waals surface area contributed by atoms with E-state index in [4.69, 9.17) is 0 Å². The third-order valence-electron chi connectivity index (χ3n) is 3.23. The molecular formula is C14H14F2N4S. The highest BCUT2D eigenvalue weighted by atomic mass is 32.2. The number of rotatable bonds is 5. The van der Waals surface area contributed by atoms with Crippen LogP contribution in [0.2, 0.25) is 0 Å². The fraction of sp³-hybridized carbons (Fsp3) is 0.286. The molecule has 1 aromatic carbocycles. The average molecular weight is 308 g/mol. The molecule has 0 aliphatic heterocycles. The molecule has 7 heteroatoms. The molecule has 0 radical (unpaired) electrons. The lowest BCUT2D eigenvalue weighted by Crippen LogP contribution is -2.03. The summed E-state index contributed by atoms with van der Waals surface area (Å²) in [5, 5.41) is 0.822. The second kappa shape index (κ2) is 5.85. The summed E-state index contributed by atoms with van der Waals surface area (Å²) in [4.78, 5) is 8.55. The number of benzene rings is 1. The number of hydrogen-bond donors (Lipinski definition) is 0. The zero-order valence-electron chi connectivity index (χ0n) is 11.4. The van der Waals surface area contributed by atoms with E-state index in [1.165, 1.54) is 24.2 Å². The third kappa shape index (κ3) is 2.65. The topological polar surface area (TPSA) is 35.6 Å². The zero-order valence-corrected chi connectivity index (χ0v) is 12.2. The van der Waals surface area contributed by atoms with Crippen LogP contribution in [0, 0.1) is 0 Å². The van der Waals surface area contributed by atoms with Gasteiger partial charge in [0.2, 0.25) is 0 Å². The first-order chi connectivity index (χ1) is 10.2. The van der Waals surface area contributed by atoms with Crippen molar-refractivity contribution in [3.63, 3.8) is 0 Å². The van der Waals surface area contributed by atoms with Gasteiger partial charge in [0.25, 0.3) is 0 Å². The van der Waals surface area contributed by atoms with E-state index in [9.17, 15) is 8.78 Å². The first-order valence-corrected chi connectivity index (χ1v) is 7.57. The number of aromatic nitrogens is 4. The van der Waals surface area contributed by atoms with E-state index in [1.807, 2.05) is 31.2 Å². The van der Waals surface area contributed by atoms with Crippen LogP contribution in [0.5, 0.6) is 0 Å². The molecule has 2 aromatic heterocycles. The quantitative estimate of drug-likeness (QED) is 0.670. The Balaban J connectivity index is 1.86. The molecule has 0 bridgehead atoms. The molecule has 0 amide bonds. The Morgan fingerprint density at radius 3 is 2.86 bits per heavy atom. The van der Waals surface area contributed by atoms with Crippen LogP contribution in [-0.4, -0.2) is 19.1 Å². The second-order valence-electron chi connectivity index (χ2n) is 4.44. The van der Waals surface area contributed by atoms with Crippen molar-refractivity contribution < 1.29 is 8.78 Å². The fourth-order valence-corrected chi connectivity index (χ4v) is 3.26. The number of para-hydroxylation sites is 2. The Bertz CT molecular complexity index is 750. The van der Waals surface area contributed by atoms with Crippen LogP contribution >= 0.6 is 11.8 Å². The molecule has 4 nitrogen and oxygen atoms in total. The normalized spacial score (nSPS) is 11.6. The van der Waals surface area contributed by atoms with Crippen LogP contribution in [0.4, 0.5) is 8.78 Å². The first-order valence-electron chi connectivity index (χ1n) is 6.58. The van der Waals surface area contributed by atoms with E-state index in [-0.39, 0.29) is 0 Å². The van der Waals surface area contributed by atoms with E-state index in [0.717, 1.165) is 27.3 Å². The van der Waals surface area contributed by atoms with Gasteiger partial charge >= 0.3 is 6.55 Å². The Kier molecular flexibility index (Phi) is 3.92. The number of aryl methyl sites for hydroxylation is 1. The summed E-state index contributed by atoms with van der Waals surface area (Å²) < 4.78 is 28.5. The molecule has 110 valence electrons. The van der Waals surface area contributed by atoms with Crippen molar-refractivity contribution in [2.75, 3.05) is 0 Å². The highest BCUT2D eigenvalue weighted by Crippen LogP contribution is 2.27. The second-order valence-corrected chi connectivity index (χ2v) is 5.39. The van der Waals surface area contributed by atoms with Crippen molar-refractivity contribution in [3.8, 4) is 0 Å². The molecule has 0 unspecified atom stereocenters. The van der Waals surface area contributed by atoms with Crippen LogP contribution in [0.15, 0.2) is 41.8 Å². The summed E-state index contributed by atoms with van der Waals surface area (Å²) in [6, 6.07) is 7.86. The maximum atomic E-state index is 12.8. The molecule has 0 saturated carbocycles. The van der Waals surface area contributed by atoms with E-state index in [1.54, 1.807) is 0 Å². The molecule has 0 atom stereocenters. The molecule has 3 rings (SSSR count). The van der Waals surface area contributed by atoms with Crippen molar-refractivity contribution in [2.45, 2.75) is 30.9 Å². The van der Waals surface area contributed by atoms with Crippen LogP contribution in [0.25, 0.3) is 11.0 Å². The molecule has 0 N–H and O–H groups in total. The van der Waals surface area contributed by atoms with Gasteiger partial charge in [0.15, 0.2) is 5.16 Å². The van der Waals surface area contributed by atoms with Crippen molar-refractivity contribution in [1.82, 2.24) is 19.1 Å². The Hall–Kier alpha value is -1.89. The number of alkyl halides is 2. The smallest absolute Gasteiger partial charge is 0.319 e. The SMILES string of the molecule is CCn1c(SCc2nccn2C(F)F)nc2ccccc21. The summed E-state index contributed by atoms with van der Waals surface area (Å²) in [7, 11) is 0. The molecule has 0 fully saturated rings. The summed E-state index contributed by atoms with van der Waals surface area (Å²) >= 11 is 1.42.